The Labute approximate surface area is 105 Å². The van der Waals surface area contributed by atoms with Crippen LogP contribution in [0.3, 0.4) is 0 Å². The van der Waals surface area contributed by atoms with Gasteiger partial charge in [0, 0.05) is 18.8 Å². The van der Waals surface area contributed by atoms with Crippen LogP contribution in [0.4, 0.5) is 5.69 Å². The molecule has 0 aromatic heterocycles. The second kappa shape index (κ2) is 5.09. The van der Waals surface area contributed by atoms with E-state index in [-0.39, 0.29) is 0 Å². The SMILES string of the molecule is CCC1(CC)CCN(Cc2cccc(N)c2)C1. The predicted octanol–water partition coefficient (Wildman–Crippen LogP) is 3.28. The number of nitrogens with zero attached hydrogens (tertiary/aromatic N) is 1. The first-order chi connectivity index (χ1) is 8.17. The van der Waals surface area contributed by atoms with Gasteiger partial charge in [0.1, 0.15) is 0 Å². The molecule has 0 spiro atoms. The van der Waals surface area contributed by atoms with Crippen LogP contribution in [0.15, 0.2) is 24.3 Å². The summed E-state index contributed by atoms with van der Waals surface area (Å²) in [5.74, 6) is 0. The topological polar surface area (TPSA) is 29.3 Å². The van der Waals surface area contributed by atoms with Crippen LogP contribution in [-0.4, -0.2) is 18.0 Å². The van der Waals surface area contributed by atoms with Crippen molar-refractivity contribution in [3.8, 4) is 0 Å². The van der Waals surface area contributed by atoms with E-state index in [1.807, 2.05) is 12.1 Å². The zero-order valence-electron chi connectivity index (χ0n) is 11.1. The summed E-state index contributed by atoms with van der Waals surface area (Å²) in [7, 11) is 0. The van der Waals surface area contributed by atoms with E-state index < -0.39 is 0 Å². The molecule has 1 aliphatic rings. The van der Waals surface area contributed by atoms with Gasteiger partial charge in [0.05, 0.1) is 0 Å². The van der Waals surface area contributed by atoms with Gasteiger partial charge >= 0.3 is 0 Å². The smallest absolute Gasteiger partial charge is 0.0317 e. The van der Waals surface area contributed by atoms with E-state index >= 15 is 0 Å². The Morgan fingerprint density at radius 1 is 1.29 bits per heavy atom. The lowest BCUT2D eigenvalue weighted by atomic mass is 9.82. The van der Waals surface area contributed by atoms with E-state index in [4.69, 9.17) is 5.73 Å². The minimum absolute atomic E-state index is 0.570. The Bertz CT molecular complexity index is 369. The predicted molar refractivity (Wildman–Crippen MR) is 73.8 cm³/mol. The van der Waals surface area contributed by atoms with Gasteiger partial charge in [-0.1, -0.05) is 26.0 Å². The van der Waals surface area contributed by atoms with Crippen LogP contribution in [0, 0.1) is 5.41 Å². The Morgan fingerprint density at radius 2 is 2.06 bits per heavy atom. The summed E-state index contributed by atoms with van der Waals surface area (Å²) in [5, 5.41) is 0. The first-order valence-corrected chi connectivity index (χ1v) is 6.74. The van der Waals surface area contributed by atoms with Gasteiger partial charge in [-0.3, -0.25) is 4.90 Å². The number of nitrogen functional groups attached to an aromatic ring is 1. The summed E-state index contributed by atoms with van der Waals surface area (Å²) >= 11 is 0. The highest BCUT2D eigenvalue weighted by Crippen LogP contribution is 2.37. The number of likely N-dealkylation sites (tertiary alicyclic amines) is 1. The van der Waals surface area contributed by atoms with Crippen molar-refractivity contribution in [2.24, 2.45) is 5.41 Å². The van der Waals surface area contributed by atoms with Crippen molar-refractivity contribution in [3.63, 3.8) is 0 Å². The van der Waals surface area contributed by atoms with Crippen LogP contribution in [-0.2, 0) is 6.54 Å². The fourth-order valence-corrected chi connectivity index (χ4v) is 2.94. The summed E-state index contributed by atoms with van der Waals surface area (Å²) in [4.78, 5) is 2.57. The third-order valence-corrected chi connectivity index (χ3v) is 4.37. The fourth-order valence-electron chi connectivity index (χ4n) is 2.94. The molecule has 0 aliphatic carbocycles. The van der Waals surface area contributed by atoms with Crippen LogP contribution < -0.4 is 5.73 Å². The monoisotopic (exact) mass is 232 g/mol. The lowest BCUT2D eigenvalue weighted by Gasteiger charge is -2.26. The van der Waals surface area contributed by atoms with E-state index in [1.54, 1.807) is 0 Å². The van der Waals surface area contributed by atoms with Gasteiger partial charge in [-0.05, 0) is 48.9 Å². The molecule has 1 aliphatic heterocycles. The highest BCUT2D eigenvalue weighted by Gasteiger charge is 2.34. The zero-order chi connectivity index (χ0) is 12.3. The van der Waals surface area contributed by atoms with E-state index in [2.05, 4.69) is 30.9 Å². The first kappa shape index (κ1) is 12.4. The highest BCUT2D eigenvalue weighted by atomic mass is 15.2. The van der Waals surface area contributed by atoms with Crippen LogP contribution in [0.2, 0.25) is 0 Å². The maximum Gasteiger partial charge on any atom is 0.0317 e. The zero-order valence-corrected chi connectivity index (χ0v) is 11.1. The largest absolute Gasteiger partial charge is 0.399 e. The van der Waals surface area contributed by atoms with Crippen molar-refractivity contribution < 1.29 is 0 Å². The van der Waals surface area contributed by atoms with Gasteiger partial charge in [0.25, 0.3) is 0 Å². The average molecular weight is 232 g/mol. The van der Waals surface area contributed by atoms with E-state index in [1.165, 1.54) is 37.9 Å². The van der Waals surface area contributed by atoms with Crippen LogP contribution in [0.25, 0.3) is 0 Å². The normalized spacial score (nSPS) is 19.6. The number of hydrogen-bond donors (Lipinski definition) is 1. The second-order valence-corrected chi connectivity index (χ2v) is 5.41. The molecule has 1 aromatic rings. The third-order valence-electron chi connectivity index (χ3n) is 4.37. The van der Waals surface area contributed by atoms with Gasteiger partial charge in [-0.15, -0.1) is 0 Å². The molecular formula is C15H24N2. The molecular weight excluding hydrogens is 208 g/mol. The van der Waals surface area contributed by atoms with Gasteiger partial charge in [0.2, 0.25) is 0 Å². The van der Waals surface area contributed by atoms with E-state index in [9.17, 15) is 0 Å². The molecule has 2 rings (SSSR count). The Balaban J connectivity index is 1.98. The molecule has 2 nitrogen and oxygen atoms in total. The summed E-state index contributed by atoms with van der Waals surface area (Å²) < 4.78 is 0. The standard InChI is InChI=1S/C15H24N2/c1-3-15(4-2)8-9-17(12-15)11-13-6-5-7-14(16)10-13/h5-7,10H,3-4,8-9,11-12,16H2,1-2H3. The minimum Gasteiger partial charge on any atom is -0.399 e. The maximum atomic E-state index is 5.82. The molecule has 1 heterocycles. The summed E-state index contributed by atoms with van der Waals surface area (Å²) in [6, 6.07) is 8.27. The number of benzene rings is 1. The molecule has 0 unspecified atom stereocenters. The quantitative estimate of drug-likeness (QED) is 0.807. The summed E-state index contributed by atoms with van der Waals surface area (Å²) in [6.45, 7) is 8.18. The minimum atomic E-state index is 0.570. The molecule has 94 valence electrons. The fraction of sp³-hybridized carbons (Fsp3) is 0.600. The van der Waals surface area contributed by atoms with Crippen molar-refractivity contribution in [1.82, 2.24) is 4.90 Å². The molecule has 17 heavy (non-hydrogen) atoms. The number of anilines is 1. The van der Waals surface area contributed by atoms with Gasteiger partial charge in [-0.2, -0.15) is 0 Å². The van der Waals surface area contributed by atoms with Crippen molar-refractivity contribution in [2.45, 2.75) is 39.7 Å². The van der Waals surface area contributed by atoms with Crippen molar-refractivity contribution >= 4 is 5.69 Å². The molecule has 1 fully saturated rings. The molecule has 2 N–H and O–H groups in total. The third kappa shape index (κ3) is 2.81. The average Bonchev–Trinajstić information content (AvgIpc) is 2.73. The van der Waals surface area contributed by atoms with Crippen LogP contribution in [0.5, 0.6) is 0 Å². The van der Waals surface area contributed by atoms with Crippen molar-refractivity contribution in [2.75, 3.05) is 18.8 Å². The molecule has 0 amide bonds. The van der Waals surface area contributed by atoms with E-state index in [0.29, 0.717) is 5.41 Å². The van der Waals surface area contributed by atoms with Crippen molar-refractivity contribution in [1.29, 1.82) is 0 Å². The summed E-state index contributed by atoms with van der Waals surface area (Å²) in [6.07, 6.45) is 3.95. The molecule has 0 atom stereocenters. The van der Waals surface area contributed by atoms with Gasteiger partial charge in [-0.25, -0.2) is 0 Å². The molecule has 1 aromatic carbocycles. The Kier molecular flexibility index (Phi) is 3.72. The number of nitrogens with two attached hydrogens (primary N) is 1. The lowest BCUT2D eigenvalue weighted by Crippen LogP contribution is -2.26. The summed E-state index contributed by atoms with van der Waals surface area (Å²) in [5.41, 5.74) is 8.60. The number of hydrogen-bond acceptors (Lipinski definition) is 2. The highest BCUT2D eigenvalue weighted by molar-refractivity contribution is 5.40. The lowest BCUT2D eigenvalue weighted by molar-refractivity contribution is 0.236. The molecule has 0 saturated carbocycles. The van der Waals surface area contributed by atoms with Gasteiger partial charge < -0.3 is 5.73 Å². The van der Waals surface area contributed by atoms with Gasteiger partial charge in [0.15, 0.2) is 0 Å². The maximum absolute atomic E-state index is 5.82. The Hall–Kier alpha value is -1.02. The van der Waals surface area contributed by atoms with Crippen LogP contribution >= 0.6 is 0 Å². The Morgan fingerprint density at radius 3 is 2.65 bits per heavy atom. The second-order valence-electron chi connectivity index (χ2n) is 5.41. The van der Waals surface area contributed by atoms with Crippen molar-refractivity contribution in [3.05, 3.63) is 29.8 Å². The number of rotatable bonds is 4. The molecule has 2 heteroatoms. The van der Waals surface area contributed by atoms with E-state index in [0.717, 1.165) is 12.2 Å². The molecule has 0 bridgehead atoms. The van der Waals surface area contributed by atoms with Crippen LogP contribution in [0.1, 0.15) is 38.7 Å². The first-order valence-electron chi connectivity index (χ1n) is 6.74. The molecule has 1 saturated heterocycles. The molecule has 0 radical (unpaired) electrons.